The van der Waals surface area contributed by atoms with Crippen molar-refractivity contribution in [1.29, 1.82) is 0 Å². The zero-order valence-electron chi connectivity index (χ0n) is 14.9. The summed E-state index contributed by atoms with van der Waals surface area (Å²) in [6.07, 6.45) is -4.94. The zero-order valence-corrected chi connectivity index (χ0v) is 16.5. The van der Waals surface area contributed by atoms with Crippen molar-refractivity contribution in [3.05, 3.63) is 58.6 Å². The van der Waals surface area contributed by atoms with Crippen molar-refractivity contribution >= 4 is 45.1 Å². The largest absolute Gasteiger partial charge is 0.456 e. The molecule has 2 aromatic carbocycles. The van der Waals surface area contributed by atoms with Crippen LogP contribution < -0.4 is 10.6 Å². The van der Waals surface area contributed by atoms with Crippen LogP contribution >= 0.6 is 15.9 Å². The maximum atomic E-state index is 12.6. The van der Waals surface area contributed by atoms with Crippen LogP contribution in [0.1, 0.15) is 18.4 Å². The highest BCUT2D eigenvalue weighted by atomic mass is 79.9. The van der Waals surface area contributed by atoms with Gasteiger partial charge in [0.1, 0.15) is 0 Å². The summed E-state index contributed by atoms with van der Waals surface area (Å²) in [5.41, 5.74) is -0.425. The Morgan fingerprint density at radius 1 is 0.897 bits per heavy atom. The van der Waals surface area contributed by atoms with E-state index in [9.17, 15) is 27.6 Å². The monoisotopic (exact) mass is 472 g/mol. The molecular formula is C19H16BrF3N2O4. The molecule has 154 valence electrons. The highest BCUT2D eigenvalue weighted by molar-refractivity contribution is 9.10. The minimum Gasteiger partial charge on any atom is -0.456 e. The number of carbonyl (C=O) groups excluding carboxylic acids is 3. The molecule has 6 nitrogen and oxygen atoms in total. The van der Waals surface area contributed by atoms with Crippen LogP contribution in [-0.2, 0) is 25.3 Å². The molecule has 2 N–H and O–H groups in total. The van der Waals surface area contributed by atoms with Crippen molar-refractivity contribution in [3.8, 4) is 0 Å². The van der Waals surface area contributed by atoms with Gasteiger partial charge in [-0.25, -0.2) is 0 Å². The number of benzene rings is 2. The number of esters is 1. The third kappa shape index (κ3) is 7.94. The molecule has 2 rings (SSSR count). The lowest BCUT2D eigenvalue weighted by Crippen LogP contribution is -2.22. The van der Waals surface area contributed by atoms with Crippen LogP contribution in [0.2, 0.25) is 0 Å². The number of carbonyl (C=O) groups is 3. The van der Waals surface area contributed by atoms with Gasteiger partial charge in [0.25, 0.3) is 5.91 Å². The van der Waals surface area contributed by atoms with Gasteiger partial charge in [-0.3, -0.25) is 14.4 Å². The Labute approximate surface area is 172 Å². The summed E-state index contributed by atoms with van der Waals surface area (Å²) < 4.78 is 43.5. The van der Waals surface area contributed by atoms with Crippen LogP contribution in [0.15, 0.2) is 53.0 Å². The molecule has 0 atom stereocenters. The van der Waals surface area contributed by atoms with Crippen molar-refractivity contribution in [2.45, 2.75) is 19.0 Å². The lowest BCUT2D eigenvalue weighted by Gasteiger charge is -2.10. The summed E-state index contributed by atoms with van der Waals surface area (Å²) >= 11 is 3.27. The van der Waals surface area contributed by atoms with E-state index in [4.69, 9.17) is 4.74 Å². The van der Waals surface area contributed by atoms with E-state index in [1.165, 1.54) is 6.07 Å². The van der Waals surface area contributed by atoms with E-state index in [1.54, 1.807) is 24.3 Å². The van der Waals surface area contributed by atoms with Crippen LogP contribution in [0.3, 0.4) is 0 Å². The van der Waals surface area contributed by atoms with Crippen molar-refractivity contribution < 1.29 is 32.3 Å². The first kappa shape index (κ1) is 22.4. The molecule has 10 heteroatoms. The number of rotatable bonds is 7. The predicted molar refractivity (Wildman–Crippen MR) is 103 cm³/mol. The Morgan fingerprint density at radius 3 is 2.21 bits per heavy atom. The molecule has 0 radical (unpaired) electrons. The first-order valence-corrected chi connectivity index (χ1v) is 9.11. The molecule has 0 fully saturated rings. The summed E-state index contributed by atoms with van der Waals surface area (Å²) in [6, 6.07) is 10.9. The molecule has 2 aromatic rings. The molecule has 0 saturated heterocycles. The van der Waals surface area contributed by atoms with Crippen molar-refractivity contribution in [2.75, 3.05) is 17.2 Å². The Hall–Kier alpha value is -2.88. The Balaban J connectivity index is 1.72. The highest BCUT2D eigenvalue weighted by Gasteiger charge is 2.30. The second kappa shape index (κ2) is 10.1. The van der Waals surface area contributed by atoms with E-state index in [2.05, 4.69) is 26.6 Å². The number of amides is 2. The predicted octanol–water partition coefficient (Wildman–Crippen LogP) is 4.37. The van der Waals surface area contributed by atoms with E-state index in [-0.39, 0.29) is 18.5 Å². The van der Waals surface area contributed by atoms with E-state index in [0.717, 1.165) is 22.7 Å². The lowest BCUT2D eigenvalue weighted by atomic mass is 10.2. The van der Waals surface area contributed by atoms with Crippen LogP contribution in [0.5, 0.6) is 0 Å². The number of alkyl halides is 3. The minimum absolute atomic E-state index is 0.0743. The topological polar surface area (TPSA) is 84.5 Å². The molecule has 0 spiro atoms. The third-order valence-corrected chi connectivity index (χ3v) is 4.05. The number of anilines is 2. The summed E-state index contributed by atoms with van der Waals surface area (Å²) in [4.78, 5) is 35.2. The third-order valence-electron chi connectivity index (χ3n) is 3.52. The van der Waals surface area contributed by atoms with Crippen LogP contribution in [0.4, 0.5) is 24.5 Å². The van der Waals surface area contributed by atoms with Gasteiger partial charge in [-0.1, -0.05) is 22.0 Å². The fraction of sp³-hybridized carbons (Fsp3) is 0.211. The molecule has 0 aliphatic rings. The smallest absolute Gasteiger partial charge is 0.416 e. The molecular weight excluding hydrogens is 457 g/mol. The first-order chi connectivity index (χ1) is 13.6. The molecule has 0 bridgehead atoms. The number of nitrogens with one attached hydrogen (secondary N) is 2. The summed E-state index contributed by atoms with van der Waals surface area (Å²) in [5.74, 6) is -1.98. The quantitative estimate of drug-likeness (QED) is 0.586. The first-order valence-electron chi connectivity index (χ1n) is 8.31. The van der Waals surface area contributed by atoms with Crippen LogP contribution in [0.25, 0.3) is 0 Å². The van der Waals surface area contributed by atoms with E-state index in [1.807, 2.05) is 0 Å². The van der Waals surface area contributed by atoms with E-state index >= 15 is 0 Å². The van der Waals surface area contributed by atoms with Gasteiger partial charge in [0, 0.05) is 22.3 Å². The van der Waals surface area contributed by atoms with E-state index in [0.29, 0.717) is 5.69 Å². The van der Waals surface area contributed by atoms with Gasteiger partial charge < -0.3 is 15.4 Å². The second-order valence-corrected chi connectivity index (χ2v) is 6.76. The summed E-state index contributed by atoms with van der Waals surface area (Å²) in [7, 11) is 0. The van der Waals surface area contributed by atoms with Gasteiger partial charge >= 0.3 is 12.1 Å². The van der Waals surface area contributed by atoms with Gasteiger partial charge in [0.2, 0.25) is 5.91 Å². The molecule has 0 aromatic heterocycles. The standard InChI is InChI=1S/C19H16BrF3N2O4/c20-13-4-6-14(7-5-13)24-16(26)8-9-18(28)29-11-17(27)25-15-3-1-2-12(10-15)19(21,22)23/h1-7,10H,8-9,11H2,(H,24,26)(H,25,27). The van der Waals surface area contributed by atoms with Crippen LogP contribution in [-0.4, -0.2) is 24.4 Å². The number of hydrogen-bond acceptors (Lipinski definition) is 4. The maximum absolute atomic E-state index is 12.6. The highest BCUT2D eigenvalue weighted by Crippen LogP contribution is 2.30. The molecule has 0 saturated carbocycles. The Morgan fingerprint density at radius 2 is 1.55 bits per heavy atom. The van der Waals surface area contributed by atoms with E-state index < -0.39 is 36.1 Å². The maximum Gasteiger partial charge on any atom is 0.416 e. The van der Waals surface area contributed by atoms with Gasteiger partial charge in [0.05, 0.1) is 12.0 Å². The van der Waals surface area contributed by atoms with Gasteiger partial charge in [-0.15, -0.1) is 0 Å². The normalized spacial score (nSPS) is 10.9. The molecule has 0 aliphatic carbocycles. The lowest BCUT2D eigenvalue weighted by molar-refractivity contribution is -0.147. The Bertz CT molecular complexity index is 886. The Kier molecular flexibility index (Phi) is 7.77. The average molecular weight is 473 g/mol. The molecule has 0 heterocycles. The van der Waals surface area contributed by atoms with Crippen molar-refractivity contribution in [2.24, 2.45) is 0 Å². The molecule has 0 aliphatic heterocycles. The van der Waals surface area contributed by atoms with Crippen molar-refractivity contribution in [1.82, 2.24) is 0 Å². The van der Waals surface area contributed by atoms with Crippen molar-refractivity contribution in [3.63, 3.8) is 0 Å². The number of hydrogen-bond donors (Lipinski definition) is 2. The molecule has 2 amide bonds. The number of halogens is 4. The SMILES string of the molecule is O=C(CCC(=O)OCC(=O)Nc1cccc(C(F)(F)F)c1)Nc1ccc(Br)cc1. The fourth-order valence-corrected chi connectivity index (χ4v) is 2.43. The van der Waals surface area contributed by atoms with Gasteiger partial charge in [-0.2, -0.15) is 13.2 Å². The summed E-state index contributed by atoms with van der Waals surface area (Å²) in [6.45, 7) is -0.677. The zero-order chi connectivity index (χ0) is 21.4. The summed E-state index contributed by atoms with van der Waals surface area (Å²) in [5, 5.41) is 4.81. The number of ether oxygens (including phenoxy) is 1. The van der Waals surface area contributed by atoms with Crippen LogP contribution in [0, 0.1) is 0 Å². The minimum atomic E-state index is -4.54. The second-order valence-electron chi connectivity index (χ2n) is 5.84. The fourth-order valence-electron chi connectivity index (χ4n) is 2.16. The van der Waals surface area contributed by atoms with Gasteiger partial charge in [0.15, 0.2) is 6.61 Å². The molecule has 29 heavy (non-hydrogen) atoms. The van der Waals surface area contributed by atoms with Gasteiger partial charge in [-0.05, 0) is 42.5 Å². The average Bonchev–Trinajstić information content (AvgIpc) is 2.66. The molecule has 0 unspecified atom stereocenters.